The molecule has 1 aliphatic rings. The number of nitrogens with one attached hydrogen (secondary N) is 1. The van der Waals surface area contributed by atoms with E-state index >= 15 is 0 Å². The largest absolute Gasteiger partial charge is 0.450 e. The first-order chi connectivity index (χ1) is 13.0. The molecule has 1 aromatic carbocycles. The second-order valence-corrected chi connectivity index (χ2v) is 6.76. The quantitative estimate of drug-likeness (QED) is 0.788. The topological polar surface area (TPSA) is 79.0 Å². The van der Waals surface area contributed by atoms with Gasteiger partial charge in [-0.1, -0.05) is 30.3 Å². The maximum atomic E-state index is 12.3. The predicted molar refractivity (Wildman–Crippen MR) is 102 cm³/mol. The number of hydrogen-bond acceptors (Lipinski definition) is 4. The molecule has 0 bridgehead atoms. The van der Waals surface area contributed by atoms with E-state index < -0.39 is 6.09 Å². The van der Waals surface area contributed by atoms with Crippen LogP contribution in [-0.2, 0) is 20.7 Å². The van der Waals surface area contributed by atoms with Gasteiger partial charge in [-0.05, 0) is 31.7 Å². The summed E-state index contributed by atoms with van der Waals surface area (Å²) in [6.45, 7) is 3.18. The molecule has 0 unspecified atom stereocenters. The van der Waals surface area contributed by atoms with Gasteiger partial charge in [-0.15, -0.1) is 0 Å². The predicted octanol–water partition coefficient (Wildman–Crippen LogP) is 1.81. The van der Waals surface area contributed by atoms with Crippen molar-refractivity contribution in [1.29, 1.82) is 0 Å². The Kier molecular flexibility index (Phi) is 8.10. The molecule has 0 spiro atoms. The summed E-state index contributed by atoms with van der Waals surface area (Å²) in [5, 5.41) is 3.06. The lowest BCUT2D eigenvalue weighted by atomic mass is 10.0. The number of rotatable bonds is 7. The normalized spacial score (nSPS) is 14.5. The Morgan fingerprint density at radius 3 is 2.48 bits per heavy atom. The molecule has 0 saturated carbocycles. The average molecular weight is 375 g/mol. The van der Waals surface area contributed by atoms with Gasteiger partial charge in [-0.2, -0.15) is 0 Å². The lowest BCUT2D eigenvalue weighted by Crippen LogP contribution is -2.49. The highest BCUT2D eigenvalue weighted by atomic mass is 16.6. The van der Waals surface area contributed by atoms with Crippen LogP contribution in [0.2, 0.25) is 0 Å². The molecule has 0 atom stereocenters. The van der Waals surface area contributed by atoms with E-state index in [1.807, 2.05) is 30.3 Å². The lowest BCUT2D eigenvalue weighted by Gasteiger charge is -2.33. The van der Waals surface area contributed by atoms with Gasteiger partial charge in [0.05, 0.1) is 6.61 Å². The van der Waals surface area contributed by atoms with Crippen LogP contribution in [0, 0.1) is 0 Å². The number of carbonyl (C=O) groups excluding carboxylic acids is 3. The van der Waals surface area contributed by atoms with E-state index in [0.29, 0.717) is 19.5 Å². The summed E-state index contributed by atoms with van der Waals surface area (Å²) in [6.07, 6.45) is 2.15. The molecule has 7 nitrogen and oxygen atoms in total. The van der Waals surface area contributed by atoms with Gasteiger partial charge in [0.1, 0.15) is 6.54 Å². The first-order valence-electron chi connectivity index (χ1n) is 9.48. The van der Waals surface area contributed by atoms with Crippen LogP contribution in [0.5, 0.6) is 0 Å². The Balaban J connectivity index is 1.67. The zero-order valence-electron chi connectivity index (χ0n) is 16.1. The fourth-order valence-electron chi connectivity index (χ4n) is 3.08. The first kappa shape index (κ1) is 20.7. The molecule has 0 radical (unpaired) electrons. The van der Waals surface area contributed by atoms with Crippen LogP contribution >= 0.6 is 0 Å². The minimum atomic E-state index is -0.494. The van der Waals surface area contributed by atoms with Gasteiger partial charge in [0, 0.05) is 32.6 Å². The molecule has 0 aliphatic carbocycles. The highest BCUT2D eigenvalue weighted by Crippen LogP contribution is 2.12. The van der Waals surface area contributed by atoms with Crippen molar-refractivity contribution in [2.75, 3.05) is 33.3 Å². The number of ether oxygens (including phenoxy) is 1. The van der Waals surface area contributed by atoms with Crippen LogP contribution in [0.1, 0.15) is 31.7 Å². The van der Waals surface area contributed by atoms with Crippen LogP contribution in [0.3, 0.4) is 0 Å². The van der Waals surface area contributed by atoms with Crippen LogP contribution in [0.4, 0.5) is 4.79 Å². The van der Waals surface area contributed by atoms with Crippen molar-refractivity contribution in [2.45, 2.75) is 38.6 Å². The number of amides is 3. The minimum absolute atomic E-state index is 0.00688. The molecule has 0 aromatic heterocycles. The Labute approximate surface area is 160 Å². The van der Waals surface area contributed by atoms with Crippen molar-refractivity contribution >= 4 is 17.9 Å². The monoisotopic (exact) mass is 375 g/mol. The molecule has 27 heavy (non-hydrogen) atoms. The van der Waals surface area contributed by atoms with Gasteiger partial charge in [0.2, 0.25) is 11.8 Å². The van der Waals surface area contributed by atoms with Gasteiger partial charge < -0.3 is 19.9 Å². The van der Waals surface area contributed by atoms with Crippen molar-refractivity contribution in [3.05, 3.63) is 35.9 Å². The van der Waals surface area contributed by atoms with Crippen molar-refractivity contribution in [3.63, 3.8) is 0 Å². The number of likely N-dealkylation sites (tertiary alicyclic amines) is 1. The molecule has 1 aromatic rings. The highest BCUT2D eigenvalue weighted by molar-refractivity contribution is 5.82. The first-order valence-corrected chi connectivity index (χ1v) is 9.48. The fourth-order valence-corrected chi connectivity index (χ4v) is 3.08. The highest BCUT2D eigenvalue weighted by Gasteiger charge is 2.25. The number of carbonyl (C=O) groups is 3. The molecule has 1 heterocycles. The van der Waals surface area contributed by atoms with E-state index in [1.165, 1.54) is 4.90 Å². The van der Waals surface area contributed by atoms with Crippen molar-refractivity contribution < 1.29 is 19.1 Å². The molecule has 2 rings (SSSR count). The number of nitrogens with zero attached hydrogens (tertiary/aromatic N) is 2. The van der Waals surface area contributed by atoms with Crippen molar-refractivity contribution in [2.24, 2.45) is 0 Å². The number of hydrogen-bond donors (Lipinski definition) is 1. The van der Waals surface area contributed by atoms with E-state index in [0.717, 1.165) is 24.8 Å². The SMILES string of the molecule is CCOC(=O)N(C)CC(=O)N1CCC(NC(=O)CCc2ccccc2)CC1. The van der Waals surface area contributed by atoms with Gasteiger partial charge in [0.15, 0.2) is 0 Å². The summed E-state index contributed by atoms with van der Waals surface area (Å²) in [6, 6.07) is 10.0. The third kappa shape index (κ3) is 6.92. The summed E-state index contributed by atoms with van der Waals surface area (Å²) in [4.78, 5) is 39.0. The van der Waals surface area contributed by atoms with Crippen LogP contribution in [0.15, 0.2) is 30.3 Å². The second-order valence-electron chi connectivity index (χ2n) is 6.76. The van der Waals surface area contributed by atoms with Gasteiger partial charge in [-0.3, -0.25) is 9.59 Å². The zero-order chi connectivity index (χ0) is 19.6. The lowest BCUT2D eigenvalue weighted by molar-refractivity contribution is -0.133. The fraction of sp³-hybridized carbons (Fsp3) is 0.550. The zero-order valence-corrected chi connectivity index (χ0v) is 16.1. The third-order valence-electron chi connectivity index (χ3n) is 4.65. The van der Waals surface area contributed by atoms with Crippen molar-refractivity contribution in [1.82, 2.24) is 15.1 Å². The Hall–Kier alpha value is -2.57. The van der Waals surface area contributed by atoms with Gasteiger partial charge >= 0.3 is 6.09 Å². The number of piperidine rings is 1. The molecular formula is C20H29N3O4. The number of aryl methyl sites for hydroxylation is 1. The summed E-state index contributed by atoms with van der Waals surface area (Å²) in [7, 11) is 1.55. The van der Waals surface area contributed by atoms with E-state index in [9.17, 15) is 14.4 Å². The van der Waals surface area contributed by atoms with Crippen LogP contribution < -0.4 is 5.32 Å². The van der Waals surface area contributed by atoms with E-state index in [4.69, 9.17) is 4.74 Å². The molecule has 1 fully saturated rings. The summed E-state index contributed by atoms with van der Waals surface area (Å²) >= 11 is 0. The maximum Gasteiger partial charge on any atom is 0.409 e. The van der Waals surface area contributed by atoms with Crippen LogP contribution in [0.25, 0.3) is 0 Å². The molecule has 1 saturated heterocycles. The maximum absolute atomic E-state index is 12.3. The standard InChI is InChI=1S/C20H29N3O4/c1-3-27-20(26)22(2)15-19(25)23-13-11-17(12-14-23)21-18(24)10-9-16-7-5-4-6-8-16/h4-8,17H,3,9-15H2,1-2H3,(H,21,24). The third-order valence-corrected chi connectivity index (χ3v) is 4.65. The van der Waals surface area contributed by atoms with E-state index in [2.05, 4.69) is 5.32 Å². The Bertz CT molecular complexity index is 627. The molecule has 1 aliphatic heterocycles. The summed E-state index contributed by atoms with van der Waals surface area (Å²) in [5.74, 6) is -0.0509. The Morgan fingerprint density at radius 1 is 1.19 bits per heavy atom. The minimum Gasteiger partial charge on any atom is -0.450 e. The molecule has 3 amide bonds. The molecule has 1 N–H and O–H groups in total. The summed E-state index contributed by atoms with van der Waals surface area (Å²) < 4.78 is 4.88. The van der Waals surface area contributed by atoms with Gasteiger partial charge in [0.25, 0.3) is 0 Å². The summed E-state index contributed by atoms with van der Waals surface area (Å²) in [5.41, 5.74) is 1.15. The Morgan fingerprint density at radius 2 is 1.85 bits per heavy atom. The smallest absolute Gasteiger partial charge is 0.409 e. The number of likely N-dealkylation sites (N-methyl/N-ethyl adjacent to an activating group) is 1. The van der Waals surface area contributed by atoms with E-state index in [-0.39, 0.29) is 31.0 Å². The van der Waals surface area contributed by atoms with E-state index in [1.54, 1.807) is 18.9 Å². The van der Waals surface area contributed by atoms with Gasteiger partial charge in [-0.25, -0.2) is 4.79 Å². The molecule has 148 valence electrons. The molecular weight excluding hydrogens is 346 g/mol. The average Bonchev–Trinajstić information content (AvgIpc) is 2.68. The number of benzene rings is 1. The van der Waals surface area contributed by atoms with Crippen LogP contribution in [-0.4, -0.2) is 67.0 Å². The van der Waals surface area contributed by atoms with Crippen molar-refractivity contribution in [3.8, 4) is 0 Å². The molecule has 7 heteroatoms. The second kappa shape index (κ2) is 10.5.